The van der Waals surface area contributed by atoms with Gasteiger partial charge in [0.15, 0.2) is 15.0 Å². The molecule has 26 heavy (non-hydrogen) atoms. The number of hydrogen-bond acceptors (Lipinski definition) is 7. The second kappa shape index (κ2) is 7.55. The highest BCUT2D eigenvalue weighted by atomic mass is 32.2. The first-order chi connectivity index (χ1) is 12.4. The van der Waals surface area contributed by atoms with E-state index < -0.39 is 27.6 Å². The summed E-state index contributed by atoms with van der Waals surface area (Å²) in [5, 5.41) is 2.90. The Kier molecular flexibility index (Phi) is 5.38. The lowest BCUT2D eigenvalue weighted by Crippen LogP contribution is -2.23. The van der Waals surface area contributed by atoms with E-state index in [2.05, 4.69) is 10.3 Å². The zero-order valence-electron chi connectivity index (χ0n) is 14.1. The molecule has 0 spiro atoms. The van der Waals surface area contributed by atoms with Gasteiger partial charge in [-0.25, -0.2) is 18.2 Å². The van der Waals surface area contributed by atoms with E-state index in [1.165, 1.54) is 0 Å². The molecule has 0 saturated carbocycles. The maximum atomic E-state index is 12.3. The fraction of sp³-hybridized carbons (Fsp3) is 0.353. The van der Waals surface area contributed by atoms with Crippen molar-refractivity contribution in [2.45, 2.75) is 13.3 Å². The van der Waals surface area contributed by atoms with Crippen molar-refractivity contribution < 1.29 is 22.7 Å². The van der Waals surface area contributed by atoms with Gasteiger partial charge in [-0.3, -0.25) is 4.79 Å². The maximum absolute atomic E-state index is 12.3. The second-order valence-electron chi connectivity index (χ2n) is 5.87. The molecule has 3 rings (SSSR count). The summed E-state index contributed by atoms with van der Waals surface area (Å²) >= 11 is 1.02. The number of rotatable bonds is 5. The van der Waals surface area contributed by atoms with Crippen LogP contribution < -0.4 is 5.32 Å². The highest BCUT2D eigenvalue weighted by molar-refractivity contribution is 7.91. The summed E-state index contributed by atoms with van der Waals surface area (Å²) in [6.07, 6.45) is 0.301. The number of carbonyl (C=O) groups excluding carboxylic acids is 2. The summed E-state index contributed by atoms with van der Waals surface area (Å²) in [5.74, 6) is -1.62. The van der Waals surface area contributed by atoms with Crippen molar-refractivity contribution in [1.82, 2.24) is 4.98 Å². The molecule has 1 aromatic carbocycles. The van der Waals surface area contributed by atoms with Gasteiger partial charge in [-0.1, -0.05) is 41.7 Å². The molecular formula is C17H18N2O5S2. The van der Waals surface area contributed by atoms with Gasteiger partial charge in [0.1, 0.15) is 4.88 Å². The van der Waals surface area contributed by atoms with E-state index in [4.69, 9.17) is 4.74 Å². The number of nitrogens with one attached hydrogen (secondary N) is 1. The average Bonchev–Trinajstić information content (AvgIpc) is 3.19. The van der Waals surface area contributed by atoms with Crippen LogP contribution in [0.5, 0.6) is 0 Å². The standard InChI is InChI=1S/C17H18N2O5S2/c1-2-24-16(21)14-13(11-6-4-3-5-7-11)18-17(25-14)19-15(20)12-8-9-26(22,23)10-12/h3-7,12H,2,8-10H2,1H3,(H,18,19,20). The molecule has 1 atom stereocenters. The third-order valence-corrected chi connectivity index (χ3v) is 6.69. The lowest BCUT2D eigenvalue weighted by atomic mass is 10.1. The summed E-state index contributed by atoms with van der Waals surface area (Å²) in [5.41, 5.74) is 1.17. The third-order valence-electron chi connectivity index (χ3n) is 3.97. The van der Waals surface area contributed by atoms with Crippen molar-refractivity contribution in [3.63, 3.8) is 0 Å². The van der Waals surface area contributed by atoms with E-state index in [0.29, 0.717) is 17.0 Å². The van der Waals surface area contributed by atoms with E-state index in [-0.39, 0.29) is 23.2 Å². The Balaban J connectivity index is 1.86. The Hall–Kier alpha value is -2.26. The van der Waals surface area contributed by atoms with Crippen molar-refractivity contribution in [3.05, 3.63) is 35.2 Å². The van der Waals surface area contributed by atoms with Crippen molar-refractivity contribution in [1.29, 1.82) is 0 Å². The number of aromatic nitrogens is 1. The molecule has 2 aromatic rings. The number of thiazole rings is 1. The van der Waals surface area contributed by atoms with Gasteiger partial charge in [-0.2, -0.15) is 0 Å². The Morgan fingerprint density at radius 2 is 2.04 bits per heavy atom. The van der Waals surface area contributed by atoms with Crippen molar-refractivity contribution >= 4 is 38.2 Å². The van der Waals surface area contributed by atoms with Crippen LogP contribution in [0.4, 0.5) is 5.13 Å². The van der Waals surface area contributed by atoms with Crippen LogP contribution >= 0.6 is 11.3 Å². The molecule has 0 bridgehead atoms. The van der Waals surface area contributed by atoms with Gasteiger partial charge in [0, 0.05) is 5.56 Å². The van der Waals surface area contributed by atoms with Gasteiger partial charge in [-0.15, -0.1) is 0 Å². The van der Waals surface area contributed by atoms with Gasteiger partial charge < -0.3 is 10.1 Å². The largest absolute Gasteiger partial charge is 0.462 e. The Labute approximate surface area is 155 Å². The molecular weight excluding hydrogens is 376 g/mol. The Morgan fingerprint density at radius 1 is 1.31 bits per heavy atom. The van der Waals surface area contributed by atoms with Crippen molar-refractivity contribution in [2.24, 2.45) is 5.92 Å². The third kappa shape index (κ3) is 4.10. The molecule has 1 aromatic heterocycles. The molecule has 138 valence electrons. The van der Waals surface area contributed by atoms with Crippen molar-refractivity contribution in [3.8, 4) is 11.3 Å². The van der Waals surface area contributed by atoms with E-state index in [1.807, 2.05) is 30.3 Å². The lowest BCUT2D eigenvalue weighted by molar-refractivity contribution is -0.119. The van der Waals surface area contributed by atoms with Crippen LogP contribution in [0.25, 0.3) is 11.3 Å². The number of esters is 1. The normalized spacial score (nSPS) is 18.4. The summed E-state index contributed by atoms with van der Waals surface area (Å²) in [7, 11) is -3.15. The number of nitrogens with zero attached hydrogens (tertiary/aromatic N) is 1. The number of anilines is 1. The maximum Gasteiger partial charge on any atom is 0.350 e. The van der Waals surface area contributed by atoms with Crippen LogP contribution in [-0.4, -0.2) is 43.4 Å². The van der Waals surface area contributed by atoms with E-state index in [0.717, 1.165) is 16.9 Å². The number of carbonyl (C=O) groups is 2. The van der Waals surface area contributed by atoms with E-state index >= 15 is 0 Å². The first-order valence-electron chi connectivity index (χ1n) is 8.14. The predicted octanol–water partition coefficient (Wildman–Crippen LogP) is 2.36. The first-order valence-corrected chi connectivity index (χ1v) is 10.8. The molecule has 9 heteroatoms. The average molecular weight is 394 g/mol. The van der Waals surface area contributed by atoms with Gasteiger partial charge in [-0.05, 0) is 13.3 Å². The van der Waals surface area contributed by atoms with Crippen LogP contribution in [0.2, 0.25) is 0 Å². The predicted molar refractivity (Wildman–Crippen MR) is 98.9 cm³/mol. The molecule has 1 saturated heterocycles. The van der Waals surface area contributed by atoms with Gasteiger partial charge >= 0.3 is 5.97 Å². The number of sulfone groups is 1. The van der Waals surface area contributed by atoms with Gasteiger partial charge in [0.25, 0.3) is 0 Å². The number of hydrogen-bond donors (Lipinski definition) is 1. The molecule has 1 unspecified atom stereocenters. The lowest BCUT2D eigenvalue weighted by Gasteiger charge is -2.06. The molecule has 1 fully saturated rings. The highest BCUT2D eigenvalue weighted by Gasteiger charge is 2.33. The summed E-state index contributed by atoms with van der Waals surface area (Å²) < 4.78 is 28.2. The topological polar surface area (TPSA) is 102 Å². The molecule has 0 radical (unpaired) electrons. The van der Waals surface area contributed by atoms with Gasteiger partial charge in [0.05, 0.1) is 29.7 Å². The molecule has 0 aliphatic carbocycles. The van der Waals surface area contributed by atoms with E-state index in [1.54, 1.807) is 6.92 Å². The fourth-order valence-electron chi connectivity index (χ4n) is 2.71. The number of amides is 1. The Morgan fingerprint density at radius 3 is 2.65 bits per heavy atom. The van der Waals surface area contributed by atoms with Crippen LogP contribution in [0.1, 0.15) is 23.0 Å². The minimum Gasteiger partial charge on any atom is -0.462 e. The highest BCUT2D eigenvalue weighted by Crippen LogP contribution is 2.32. The number of ether oxygens (including phenoxy) is 1. The minimum atomic E-state index is -3.15. The van der Waals surface area contributed by atoms with Gasteiger partial charge in [0.2, 0.25) is 5.91 Å². The Bertz CT molecular complexity index is 922. The van der Waals surface area contributed by atoms with E-state index in [9.17, 15) is 18.0 Å². The monoisotopic (exact) mass is 394 g/mol. The summed E-state index contributed by atoms with van der Waals surface area (Å²) in [6, 6.07) is 9.12. The molecule has 7 nitrogen and oxygen atoms in total. The quantitative estimate of drug-likeness (QED) is 0.781. The zero-order valence-corrected chi connectivity index (χ0v) is 15.7. The molecule has 1 N–H and O–H groups in total. The van der Waals surface area contributed by atoms with Crippen LogP contribution in [0, 0.1) is 5.92 Å². The van der Waals surface area contributed by atoms with Crippen LogP contribution in [0.15, 0.2) is 30.3 Å². The number of benzene rings is 1. The molecule has 1 aliphatic heterocycles. The fourth-order valence-corrected chi connectivity index (χ4v) is 5.34. The second-order valence-corrected chi connectivity index (χ2v) is 9.10. The first kappa shape index (κ1) is 18.5. The van der Waals surface area contributed by atoms with Crippen molar-refractivity contribution in [2.75, 3.05) is 23.4 Å². The summed E-state index contributed by atoms with van der Waals surface area (Å²) in [6.45, 7) is 1.94. The molecule has 1 amide bonds. The van der Waals surface area contributed by atoms with Crippen LogP contribution in [-0.2, 0) is 19.4 Å². The summed E-state index contributed by atoms with van der Waals surface area (Å²) in [4.78, 5) is 29.2. The van der Waals surface area contributed by atoms with Crippen LogP contribution in [0.3, 0.4) is 0 Å². The zero-order chi connectivity index (χ0) is 18.7. The molecule has 1 aliphatic rings. The smallest absolute Gasteiger partial charge is 0.350 e. The SMILES string of the molecule is CCOC(=O)c1sc(NC(=O)C2CCS(=O)(=O)C2)nc1-c1ccccc1. The minimum absolute atomic E-state index is 0.0201. The molecule has 2 heterocycles.